The summed E-state index contributed by atoms with van der Waals surface area (Å²) in [5, 5.41) is 12.0. The van der Waals surface area contributed by atoms with E-state index in [0.717, 1.165) is 37.0 Å². The molecule has 1 N–H and O–H groups in total. The van der Waals surface area contributed by atoms with Crippen LogP contribution in [0.15, 0.2) is 60.7 Å². The fraction of sp³-hybridized carbons (Fsp3) is 0.417. The zero-order chi connectivity index (χ0) is 22.1. The zero-order valence-corrected chi connectivity index (χ0v) is 18.4. The summed E-state index contributed by atoms with van der Waals surface area (Å²) in [5.41, 5.74) is 2.18. The van der Waals surface area contributed by atoms with Crippen LogP contribution < -0.4 is 5.01 Å². The van der Waals surface area contributed by atoms with E-state index in [4.69, 9.17) is 5.11 Å². The van der Waals surface area contributed by atoms with Gasteiger partial charge in [0, 0.05) is 13.0 Å². The highest BCUT2D eigenvalue weighted by Gasteiger charge is 2.30. The van der Waals surface area contributed by atoms with Gasteiger partial charge in [-0.25, -0.2) is 5.01 Å². The molecule has 1 fully saturated rings. The fourth-order valence-corrected chi connectivity index (χ4v) is 2.75. The number of nitrogens with zero attached hydrogens (tertiary/aromatic N) is 2. The monoisotopic (exact) mass is 400 g/mol. The molecule has 1 aliphatic rings. The highest BCUT2D eigenvalue weighted by Crippen LogP contribution is 2.31. The number of benzene rings is 2. The van der Waals surface area contributed by atoms with Crippen molar-refractivity contribution in [2.75, 3.05) is 11.6 Å². The van der Waals surface area contributed by atoms with E-state index in [0.29, 0.717) is 0 Å². The average Bonchev–Trinajstić information content (AvgIpc) is 3.27. The maximum absolute atomic E-state index is 11.3. The quantitative estimate of drug-likeness (QED) is 0.630. The van der Waals surface area contributed by atoms with E-state index in [1.165, 1.54) is 0 Å². The molecule has 29 heavy (non-hydrogen) atoms. The highest BCUT2D eigenvalue weighted by atomic mass is 16.4. The van der Waals surface area contributed by atoms with Crippen molar-refractivity contribution in [1.29, 1.82) is 0 Å². The molecule has 0 bridgehead atoms. The SMILES string of the molecule is CC.CC.CCC(=O)O.O=C[C@@H]1CCCN1N(c1ccccc1)c1ccccc1. The Kier molecular flexibility index (Phi) is 14.8. The van der Waals surface area contributed by atoms with Gasteiger partial charge in [-0.2, -0.15) is 0 Å². The Bertz CT molecular complexity index is 623. The van der Waals surface area contributed by atoms with Crippen LogP contribution in [-0.4, -0.2) is 35.0 Å². The Balaban J connectivity index is 0.000000752. The van der Waals surface area contributed by atoms with E-state index in [9.17, 15) is 9.59 Å². The molecule has 1 saturated heterocycles. The van der Waals surface area contributed by atoms with E-state index in [1.807, 2.05) is 64.1 Å². The van der Waals surface area contributed by atoms with E-state index in [-0.39, 0.29) is 12.5 Å². The number of rotatable bonds is 5. The van der Waals surface area contributed by atoms with Gasteiger partial charge in [-0.3, -0.25) is 9.80 Å². The first-order valence-electron chi connectivity index (χ1n) is 10.5. The normalized spacial score (nSPS) is 14.7. The summed E-state index contributed by atoms with van der Waals surface area (Å²) in [4.78, 5) is 20.7. The predicted molar refractivity (Wildman–Crippen MR) is 121 cm³/mol. The van der Waals surface area contributed by atoms with Crippen molar-refractivity contribution in [3.8, 4) is 0 Å². The first kappa shape index (κ1) is 26.3. The maximum atomic E-state index is 11.3. The molecule has 1 aliphatic heterocycles. The summed E-state index contributed by atoms with van der Waals surface area (Å²) in [5.74, 6) is -0.745. The topological polar surface area (TPSA) is 60.9 Å². The molecule has 2 aromatic rings. The van der Waals surface area contributed by atoms with Gasteiger partial charge in [-0.05, 0) is 37.1 Å². The molecule has 0 radical (unpaired) electrons. The molecule has 5 heteroatoms. The first-order chi connectivity index (χ1) is 14.2. The van der Waals surface area contributed by atoms with Crippen molar-refractivity contribution in [3.63, 3.8) is 0 Å². The summed E-state index contributed by atoms with van der Waals surface area (Å²) < 4.78 is 0. The van der Waals surface area contributed by atoms with Crippen molar-refractivity contribution in [3.05, 3.63) is 60.7 Å². The summed E-state index contributed by atoms with van der Waals surface area (Å²) in [7, 11) is 0. The summed E-state index contributed by atoms with van der Waals surface area (Å²) in [6.07, 6.45) is 3.27. The number of carbonyl (C=O) groups excluding carboxylic acids is 1. The predicted octanol–water partition coefficient (Wildman–Crippen LogP) is 5.94. The second-order valence-corrected chi connectivity index (χ2v) is 5.74. The molecule has 2 aromatic carbocycles. The lowest BCUT2D eigenvalue weighted by Gasteiger charge is -2.36. The number of aliphatic carboxylic acids is 1. The lowest BCUT2D eigenvalue weighted by molar-refractivity contribution is -0.136. The van der Waals surface area contributed by atoms with Gasteiger partial charge < -0.3 is 9.90 Å². The van der Waals surface area contributed by atoms with Gasteiger partial charge in [-0.15, -0.1) is 0 Å². The standard InChI is InChI=1S/C17H18N2O.C3H6O2.2C2H6/c20-14-17-12-7-13-18(17)19(15-8-3-1-4-9-15)16-10-5-2-6-11-16;1-2-3(4)5;2*1-2/h1-6,8-11,14,17H,7,12-13H2;2H2,1H3,(H,4,5);2*1-2H3/t17-;;;/m0.../s1. The Morgan fingerprint density at radius 1 is 1.00 bits per heavy atom. The molecule has 1 heterocycles. The lowest BCUT2D eigenvalue weighted by atomic mass is 10.2. The van der Waals surface area contributed by atoms with Crippen molar-refractivity contribution in [2.45, 2.75) is 59.9 Å². The van der Waals surface area contributed by atoms with Gasteiger partial charge in [-0.1, -0.05) is 71.0 Å². The van der Waals surface area contributed by atoms with E-state index < -0.39 is 5.97 Å². The first-order valence-corrected chi connectivity index (χ1v) is 10.5. The molecule has 160 valence electrons. The smallest absolute Gasteiger partial charge is 0.303 e. The average molecular weight is 401 g/mol. The molecule has 1 atom stereocenters. The van der Waals surface area contributed by atoms with Gasteiger partial charge in [0.2, 0.25) is 0 Å². The number of aldehydes is 1. The molecule has 0 spiro atoms. The van der Waals surface area contributed by atoms with Gasteiger partial charge in [0.1, 0.15) is 6.29 Å². The minimum absolute atomic E-state index is 0.0320. The highest BCUT2D eigenvalue weighted by molar-refractivity contribution is 5.66. The number of hydrogen-bond donors (Lipinski definition) is 1. The molecular formula is C24H36N2O3. The van der Waals surface area contributed by atoms with Crippen LogP contribution in [0.5, 0.6) is 0 Å². The van der Waals surface area contributed by atoms with E-state index in [2.05, 4.69) is 34.3 Å². The third kappa shape index (κ3) is 8.92. The Hall–Kier alpha value is -2.66. The van der Waals surface area contributed by atoms with Crippen LogP contribution in [0.25, 0.3) is 0 Å². The number of carbonyl (C=O) groups is 2. The van der Waals surface area contributed by atoms with Crippen LogP contribution in [0.2, 0.25) is 0 Å². The number of carboxylic acids is 1. The van der Waals surface area contributed by atoms with Crippen LogP contribution in [0.1, 0.15) is 53.9 Å². The molecule has 0 amide bonds. The summed E-state index contributed by atoms with van der Waals surface area (Å²) >= 11 is 0. The maximum Gasteiger partial charge on any atom is 0.303 e. The minimum Gasteiger partial charge on any atom is -0.481 e. The largest absolute Gasteiger partial charge is 0.481 e. The molecule has 0 aliphatic carbocycles. The van der Waals surface area contributed by atoms with Crippen LogP contribution >= 0.6 is 0 Å². The van der Waals surface area contributed by atoms with Crippen LogP contribution in [0.4, 0.5) is 11.4 Å². The summed E-state index contributed by atoms with van der Waals surface area (Å²) in [6, 6.07) is 20.4. The Morgan fingerprint density at radius 3 is 1.76 bits per heavy atom. The van der Waals surface area contributed by atoms with Crippen LogP contribution in [-0.2, 0) is 9.59 Å². The second kappa shape index (κ2) is 16.3. The third-order valence-electron chi connectivity index (χ3n) is 3.99. The zero-order valence-electron chi connectivity index (χ0n) is 18.4. The Labute approximate surface area is 175 Å². The van der Waals surface area contributed by atoms with Crippen molar-refractivity contribution >= 4 is 23.6 Å². The second-order valence-electron chi connectivity index (χ2n) is 5.74. The Morgan fingerprint density at radius 2 is 1.41 bits per heavy atom. The number of carboxylic acid groups (broad SMARTS) is 1. The third-order valence-corrected chi connectivity index (χ3v) is 3.99. The molecule has 0 aromatic heterocycles. The molecule has 0 saturated carbocycles. The number of hydrogen-bond acceptors (Lipinski definition) is 4. The van der Waals surface area contributed by atoms with Crippen molar-refractivity contribution < 1.29 is 14.7 Å². The number of anilines is 2. The lowest BCUT2D eigenvalue weighted by Crippen LogP contribution is -2.43. The molecule has 3 rings (SSSR count). The van der Waals surface area contributed by atoms with Gasteiger partial charge in [0.25, 0.3) is 0 Å². The van der Waals surface area contributed by atoms with E-state index >= 15 is 0 Å². The van der Waals surface area contributed by atoms with Gasteiger partial charge >= 0.3 is 5.97 Å². The minimum atomic E-state index is -0.745. The van der Waals surface area contributed by atoms with Gasteiger partial charge in [0.05, 0.1) is 17.4 Å². The van der Waals surface area contributed by atoms with Crippen LogP contribution in [0.3, 0.4) is 0 Å². The summed E-state index contributed by atoms with van der Waals surface area (Å²) in [6.45, 7) is 10.5. The molecular weight excluding hydrogens is 364 g/mol. The van der Waals surface area contributed by atoms with Crippen molar-refractivity contribution in [1.82, 2.24) is 5.01 Å². The number of hydrazine groups is 1. The fourth-order valence-electron chi connectivity index (χ4n) is 2.75. The van der Waals surface area contributed by atoms with Crippen LogP contribution in [0, 0.1) is 0 Å². The van der Waals surface area contributed by atoms with Gasteiger partial charge in [0.15, 0.2) is 0 Å². The van der Waals surface area contributed by atoms with E-state index in [1.54, 1.807) is 6.92 Å². The van der Waals surface area contributed by atoms with Crippen molar-refractivity contribution in [2.24, 2.45) is 0 Å². The molecule has 0 unspecified atom stereocenters. The molecule has 5 nitrogen and oxygen atoms in total. The number of para-hydroxylation sites is 2.